The number of ether oxygens (including phenoxy) is 2. The first-order valence-electron chi connectivity index (χ1n) is 6.44. The number of hydrogen-bond donors (Lipinski definition) is 0. The summed E-state index contributed by atoms with van der Waals surface area (Å²) in [4.78, 5) is 11.9. The highest BCUT2D eigenvalue weighted by atomic mass is 79.9. The molecule has 1 aromatic rings. The van der Waals surface area contributed by atoms with Crippen molar-refractivity contribution in [3.05, 3.63) is 35.9 Å². The molecule has 0 bridgehead atoms. The molecule has 0 aromatic heterocycles. The lowest BCUT2D eigenvalue weighted by Crippen LogP contribution is -3.00. The second kappa shape index (κ2) is 9.10. The zero-order valence-corrected chi connectivity index (χ0v) is 14.2. The molecule has 4 nitrogen and oxygen atoms in total. The predicted molar refractivity (Wildman–Crippen MR) is 75.0 cm³/mol. The van der Waals surface area contributed by atoms with Crippen LogP contribution >= 0.6 is 0 Å². The van der Waals surface area contributed by atoms with E-state index in [1.807, 2.05) is 18.2 Å². The van der Waals surface area contributed by atoms with Gasteiger partial charge in [0.05, 0.1) is 45.8 Å². The van der Waals surface area contributed by atoms with Gasteiger partial charge in [0.2, 0.25) is 0 Å². The molecule has 0 aliphatic heterocycles. The molecule has 5 heteroatoms. The van der Waals surface area contributed by atoms with Crippen molar-refractivity contribution in [2.45, 2.75) is 0 Å². The fourth-order valence-electron chi connectivity index (χ4n) is 2.01. The molecular formula is C15H24BrNO3. The van der Waals surface area contributed by atoms with Gasteiger partial charge >= 0.3 is 5.97 Å². The number of halogens is 1. The normalized spacial score (nSPS) is 12.4. The zero-order chi connectivity index (χ0) is 14.3. The summed E-state index contributed by atoms with van der Waals surface area (Å²) in [6.45, 7) is 1.88. The van der Waals surface area contributed by atoms with Crippen molar-refractivity contribution < 1.29 is 35.7 Å². The van der Waals surface area contributed by atoms with E-state index < -0.39 is 0 Å². The lowest BCUT2D eigenvalue weighted by Gasteiger charge is -2.28. The first-order valence-corrected chi connectivity index (χ1v) is 6.44. The van der Waals surface area contributed by atoms with E-state index in [1.165, 1.54) is 0 Å². The van der Waals surface area contributed by atoms with E-state index in [0.717, 1.165) is 11.0 Å². The van der Waals surface area contributed by atoms with Crippen LogP contribution in [0.15, 0.2) is 30.3 Å². The highest BCUT2D eigenvalue weighted by Crippen LogP contribution is 2.07. The number of benzene rings is 1. The maximum Gasteiger partial charge on any atom is 0.338 e. The summed E-state index contributed by atoms with van der Waals surface area (Å²) >= 11 is 0. The Morgan fingerprint density at radius 1 is 1.15 bits per heavy atom. The molecule has 1 unspecified atom stereocenters. The Hall–Kier alpha value is -0.910. The van der Waals surface area contributed by atoms with Gasteiger partial charge in [-0.3, -0.25) is 0 Å². The van der Waals surface area contributed by atoms with E-state index in [-0.39, 0.29) is 28.9 Å². The topological polar surface area (TPSA) is 35.5 Å². The fraction of sp³-hybridized carbons (Fsp3) is 0.533. The number of esters is 1. The molecule has 0 heterocycles. The monoisotopic (exact) mass is 345 g/mol. The minimum absolute atomic E-state index is 0. The van der Waals surface area contributed by atoms with Crippen LogP contribution in [0.1, 0.15) is 10.4 Å². The van der Waals surface area contributed by atoms with Crippen LogP contribution in [0.25, 0.3) is 0 Å². The van der Waals surface area contributed by atoms with Crippen molar-refractivity contribution >= 4 is 5.97 Å². The van der Waals surface area contributed by atoms with Gasteiger partial charge in [0.1, 0.15) is 6.61 Å². The van der Waals surface area contributed by atoms with Crippen molar-refractivity contribution in [2.75, 3.05) is 48.0 Å². The molecule has 0 N–H and O–H groups in total. The largest absolute Gasteiger partial charge is 1.00 e. The predicted octanol–water partition coefficient (Wildman–Crippen LogP) is -1.18. The average Bonchev–Trinajstić information content (AvgIpc) is 2.35. The van der Waals surface area contributed by atoms with Crippen molar-refractivity contribution in [1.29, 1.82) is 0 Å². The highest BCUT2D eigenvalue weighted by molar-refractivity contribution is 5.89. The summed E-state index contributed by atoms with van der Waals surface area (Å²) in [5.41, 5.74) is 0.587. The van der Waals surface area contributed by atoms with E-state index in [2.05, 4.69) is 21.1 Å². The van der Waals surface area contributed by atoms with Crippen LogP contribution in [0, 0.1) is 5.92 Å². The molecule has 0 radical (unpaired) electrons. The summed E-state index contributed by atoms with van der Waals surface area (Å²) in [5.74, 6) is -0.0687. The Morgan fingerprint density at radius 3 is 2.25 bits per heavy atom. The van der Waals surface area contributed by atoms with Gasteiger partial charge in [0.25, 0.3) is 0 Å². The lowest BCUT2D eigenvalue weighted by molar-refractivity contribution is -0.874. The second-order valence-electron chi connectivity index (χ2n) is 5.76. The fourth-order valence-corrected chi connectivity index (χ4v) is 2.01. The first kappa shape index (κ1) is 19.1. The lowest BCUT2D eigenvalue weighted by atomic mass is 10.1. The molecule has 0 fully saturated rings. The van der Waals surface area contributed by atoms with Gasteiger partial charge in [-0.2, -0.15) is 0 Å². The number of hydrogen-bond acceptors (Lipinski definition) is 3. The van der Waals surface area contributed by atoms with E-state index in [9.17, 15) is 4.79 Å². The van der Waals surface area contributed by atoms with Gasteiger partial charge in [-0.15, -0.1) is 0 Å². The molecule has 1 atom stereocenters. The smallest absolute Gasteiger partial charge is 0.338 e. The molecular weight excluding hydrogens is 322 g/mol. The first-order chi connectivity index (χ1) is 8.92. The summed E-state index contributed by atoms with van der Waals surface area (Å²) in [5, 5.41) is 0. The van der Waals surface area contributed by atoms with Crippen molar-refractivity contribution in [2.24, 2.45) is 5.92 Å². The van der Waals surface area contributed by atoms with Gasteiger partial charge in [-0.25, -0.2) is 4.79 Å². The minimum Gasteiger partial charge on any atom is -1.00 e. The molecule has 0 spiro atoms. The van der Waals surface area contributed by atoms with E-state index in [0.29, 0.717) is 18.8 Å². The minimum atomic E-state index is -0.275. The van der Waals surface area contributed by atoms with Crippen LogP contribution in [0.5, 0.6) is 0 Å². The quantitative estimate of drug-likeness (QED) is 0.461. The Balaban J connectivity index is 0.00000361. The van der Waals surface area contributed by atoms with Gasteiger partial charge in [-0.05, 0) is 12.1 Å². The summed E-state index contributed by atoms with van der Waals surface area (Å²) in [7, 11) is 8.01. The number of nitrogens with zero attached hydrogens (tertiary/aromatic N) is 1. The molecule has 114 valence electrons. The molecule has 20 heavy (non-hydrogen) atoms. The summed E-state index contributed by atoms with van der Waals surface area (Å²) < 4.78 is 11.4. The van der Waals surface area contributed by atoms with Gasteiger partial charge in [0.15, 0.2) is 0 Å². The average molecular weight is 346 g/mol. The van der Waals surface area contributed by atoms with Crippen molar-refractivity contribution in [3.8, 4) is 0 Å². The SMILES string of the molecule is COCC(COC(=O)c1ccccc1)C[N+](C)(C)C.[Br-]. The van der Waals surface area contributed by atoms with Gasteiger partial charge < -0.3 is 30.9 Å². The van der Waals surface area contributed by atoms with Crippen molar-refractivity contribution in [3.63, 3.8) is 0 Å². The highest BCUT2D eigenvalue weighted by Gasteiger charge is 2.20. The van der Waals surface area contributed by atoms with Crippen LogP contribution in [-0.4, -0.2) is 58.5 Å². The molecule has 1 rings (SSSR count). The molecule has 0 saturated carbocycles. The van der Waals surface area contributed by atoms with Crippen LogP contribution < -0.4 is 17.0 Å². The van der Waals surface area contributed by atoms with Crippen LogP contribution in [0.2, 0.25) is 0 Å². The van der Waals surface area contributed by atoms with E-state index in [4.69, 9.17) is 9.47 Å². The maximum absolute atomic E-state index is 11.9. The number of carbonyl (C=O) groups excluding carboxylic acids is 1. The Labute approximate surface area is 132 Å². The third kappa shape index (κ3) is 7.62. The molecule has 0 saturated heterocycles. The number of carbonyl (C=O) groups is 1. The Morgan fingerprint density at radius 2 is 1.75 bits per heavy atom. The molecule has 1 aromatic carbocycles. The third-order valence-electron chi connectivity index (χ3n) is 2.67. The van der Waals surface area contributed by atoms with Crippen LogP contribution in [0.3, 0.4) is 0 Å². The number of quaternary nitrogens is 1. The maximum atomic E-state index is 11.9. The van der Waals surface area contributed by atoms with E-state index >= 15 is 0 Å². The van der Waals surface area contributed by atoms with Gasteiger partial charge in [0, 0.05) is 7.11 Å². The standard InChI is InChI=1S/C15H24NO3.BrH/c1-16(2,3)10-13(11-18-4)12-19-15(17)14-8-6-5-7-9-14;/h5-9,13H,10-12H2,1-4H3;1H/q+1;/p-1. The number of rotatable bonds is 7. The Bertz CT molecular complexity index is 390. The summed E-state index contributed by atoms with van der Waals surface area (Å²) in [6.07, 6.45) is 0. The number of methoxy groups -OCH3 is 1. The van der Waals surface area contributed by atoms with Crippen LogP contribution in [-0.2, 0) is 9.47 Å². The second-order valence-corrected chi connectivity index (χ2v) is 5.76. The molecule has 0 amide bonds. The molecule has 0 aliphatic carbocycles. The Kier molecular flexibility index (Phi) is 8.69. The van der Waals surface area contributed by atoms with E-state index in [1.54, 1.807) is 19.2 Å². The zero-order valence-electron chi connectivity index (χ0n) is 12.6. The van der Waals surface area contributed by atoms with Crippen LogP contribution in [0.4, 0.5) is 0 Å². The summed E-state index contributed by atoms with van der Waals surface area (Å²) in [6, 6.07) is 9.05. The van der Waals surface area contributed by atoms with Crippen molar-refractivity contribution in [1.82, 2.24) is 0 Å². The third-order valence-corrected chi connectivity index (χ3v) is 2.67. The van der Waals surface area contributed by atoms with Gasteiger partial charge in [-0.1, -0.05) is 18.2 Å². The molecule has 0 aliphatic rings.